The number of carbonyl (C=O) groups excluding carboxylic acids is 1. The third-order valence-electron chi connectivity index (χ3n) is 4.46. The predicted molar refractivity (Wildman–Crippen MR) is 110 cm³/mol. The number of ether oxygens (including phenoxy) is 1. The molecule has 3 aromatic rings. The van der Waals surface area contributed by atoms with Crippen molar-refractivity contribution in [2.45, 2.75) is 29.3 Å². The number of amides is 1. The van der Waals surface area contributed by atoms with Gasteiger partial charge in [-0.25, -0.2) is 0 Å². The number of carbonyl (C=O) groups is 1. The highest BCUT2D eigenvalue weighted by Crippen LogP contribution is 2.41. The minimum Gasteiger partial charge on any atom is -0.495 e. The number of aromatic nitrogens is 3. The maximum atomic E-state index is 13.1. The minimum absolute atomic E-state index is 0.150. The van der Waals surface area contributed by atoms with E-state index in [1.807, 2.05) is 30.3 Å². The molecule has 28 heavy (non-hydrogen) atoms. The summed E-state index contributed by atoms with van der Waals surface area (Å²) in [6.07, 6.45) is 3.99. The van der Waals surface area contributed by atoms with Gasteiger partial charge < -0.3 is 14.6 Å². The molecule has 0 spiro atoms. The summed E-state index contributed by atoms with van der Waals surface area (Å²) in [6.45, 7) is 0. The Hall–Kier alpha value is -2.51. The third-order valence-corrected chi connectivity index (χ3v) is 5.98. The monoisotopic (exact) mass is 414 g/mol. The van der Waals surface area contributed by atoms with Crippen LogP contribution in [0.1, 0.15) is 29.7 Å². The van der Waals surface area contributed by atoms with E-state index in [1.165, 1.54) is 11.8 Å². The van der Waals surface area contributed by atoms with Crippen LogP contribution >= 0.6 is 23.4 Å². The molecule has 1 unspecified atom stereocenters. The summed E-state index contributed by atoms with van der Waals surface area (Å²) in [5.74, 6) is 0.411. The zero-order valence-electron chi connectivity index (χ0n) is 15.2. The van der Waals surface area contributed by atoms with E-state index in [0.29, 0.717) is 22.5 Å². The number of nitrogens with zero attached hydrogens (tertiary/aromatic N) is 3. The highest BCUT2D eigenvalue weighted by Gasteiger charge is 2.30. The van der Waals surface area contributed by atoms with Gasteiger partial charge in [0.15, 0.2) is 5.16 Å². The van der Waals surface area contributed by atoms with Gasteiger partial charge in [-0.3, -0.25) is 4.79 Å². The fourth-order valence-corrected chi connectivity index (χ4v) is 4.22. The Balaban J connectivity index is 1.58. The molecule has 1 aliphatic rings. The average molecular weight is 415 g/mol. The van der Waals surface area contributed by atoms with Gasteiger partial charge in [0, 0.05) is 11.7 Å². The second-order valence-corrected chi connectivity index (χ2v) is 7.98. The first kappa shape index (κ1) is 18.8. The van der Waals surface area contributed by atoms with Gasteiger partial charge in [-0.15, -0.1) is 10.2 Å². The van der Waals surface area contributed by atoms with Gasteiger partial charge in [0.05, 0.1) is 12.1 Å². The number of rotatable bonds is 7. The van der Waals surface area contributed by atoms with E-state index in [4.69, 9.17) is 16.3 Å². The van der Waals surface area contributed by atoms with Crippen molar-refractivity contribution in [3.05, 3.63) is 65.4 Å². The van der Waals surface area contributed by atoms with Gasteiger partial charge in [0.1, 0.15) is 17.3 Å². The molecule has 2 aromatic carbocycles. The van der Waals surface area contributed by atoms with Crippen molar-refractivity contribution in [2.75, 3.05) is 12.4 Å². The van der Waals surface area contributed by atoms with E-state index in [-0.39, 0.29) is 5.91 Å². The highest BCUT2D eigenvalue weighted by molar-refractivity contribution is 8.00. The average Bonchev–Trinajstić information content (AvgIpc) is 3.45. The maximum Gasteiger partial charge on any atom is 0.242 e. The number of halogens is 1. The molecule has 1 amide bonds. The number of methoxy groups -OCH3 is 1. The molecular formula is C20H19ClN4O2S. The Labute approximate surface area is 172 Å². The SMILES string of the molecule is COc1ccc(NC(=O)C(Sc2nncn2C2CC2)c2ccccc2)cc1Cl. The van der Waals surface area contributed by atoms with Crippen molar-refractivity contribution in [2.24, 2.45) is 0 Å². The van der Waals surface area contributed by atoms with Crippen LogP contribution in [-0.4, -0.2) is 27.8 Å². The van der Waals surface area contributed by atoms with Crippen LogP contribution in [0.2, 0.25) is 5.02 Å². The Kier molecular flexibility index (Phi) is 5.54. The summed E-state index contributed by atoms with van der Waals surface area (Å²) >= 11 is 7.59. The van der Waals surface area contributed by atoms with Crippen molar-refractivity contribution < 1.29 is 9.53 Å². The van der Waals surface area contributed by atoms with Crippen LogP contribution in [0, 0.1) is 0 Å². The van der Waals surface area contributed by atoms with Crippen LogP contribution in [0.3, 0.4) is 0 Å². The zero-order chi connectivity index (χ0) is 19.5. The van der Waals surface area contributed by atoms with Crippen LogP contribution in [0.4, 0.5) is 5.69 Å². The van der Waals surface area contributed by atoms with E-state index < -0.39 is 5.25 Å². The lowest BCUT2D eigenvalue weighted by molar-refractivity contribution is -0.115. The van der Waals surface area contributed by atoms with Gasteiger partial charge in [-0.2, -0.15) is 0 Å². The van der Waals surface area contributed by atoms with E-state index in [9.17, 15) is 4.79 Å². The van der Waals surface area contributed by atoms with Crippen molar-refractivity contribution in [3.8, 4) is 5.75 Å². The molecule has 0 aliphatic heterocycles. The van der Waals surface area contributed by atoms with Crippen LogP contribution in [0.15, 0.2) is 60.0 Å². The number of nitrogens with one attached hydrogen (secondary N) is 1. The second-order valence-electron chi connectivity index (χ2n) is 6.50. The number of hydrogen-bond acceptors (Lipinski definition) is 5. The standard InChI is InChI=1S/C20H19ClN4O2S/c1-27-17-10-7-14(11-16(17)21)23-19(26)18(13-5-3-2-4-6-13)28-20-24-22-12-25(20)15-8-9-15/h2-7,10-12,15,18H,8-9H2,1H3,(H,23,26). The fourth-order valence-electron chi connectivity index (χ4n) is 2.88. The molecule has 6 nitrogen and oxygen atoms in total. The summed E-state index contributed by atoms with van der Waals surface area (Å²) in [6, 6.07) is 15.3. The molecule has 1 fully saturated rings. The molecule has 1 saturated carbocycles. The van der Waals surface area contributed by atoms with E-state index in [2.05, 4.69) is 20.1 Å². The molecule has 1 atom stereocenters. The number of benzene rings is 2. The van der Waals surface area contributed by atoms with E-state index >= 15 is 0 Å². The van der Waals surface area contributed by atoms with Crippen molar-refractivity contribution in [3.63, 3.8) is 0 Å². The Morgan fingerprint density at radius 1 is 1.29 bits per heavy atom. The molecule has 4 rings (SSSR count). The molecule has 1 aliphatic carbocycles. The summed E-state index contributed by atoms with van der Waals surface area (Å²) in [7, 11) is 1.55. The molecule has 0 saturated heterocycles. The molecule has 144 valence electrons. The quantitative estimate of drug-likeness (QED) is 0.565. The second kappa shape index (κ2) is 8.24. The summed E-state index contributed by atoms with van der Waals surface area (Å²) in [5, 5.41) is 11.9. The summed E-state index contributed by atoms with van der Waals surface area (Å²) < 4.78 is 7.22. The van der Waals surface area contributed by atoms with Crippen LogP contribution in [0.25, 0.3) is 0 Å². The van der Waals surface area contributed by atoms with Crippen molar-refractivity contribution >= 4 is 35.0 Å². The van der Waals surface area contributed by atoms with E-state index in [1.54, 1.807) is 31.6 Å². The van der Waals surface area contributed by atoms with Gasteiger partial charge in [0.2, 0.25) is 5.91 Å². The van der Waals surface area contributed by atoms with Crippen molar-refractivity contribution in [1.29, 1.82) is 0 Å². The topological polar surface area (TPSA) is 69.0 Å². The first-order valence-electron chi connectivity index (χ1n) is 8.91. The molecular weight excluding hydrogens is 396 g/mol. The van der Waals surface area contributed by atoms with Gasteiger partial charge in [0.25, 0.3) is 0 Å². The molecule has 8 heteroatoms. The van der Waals surface area contributed by atoms with Crippen molar-refractivity contribution in [1.82, 2.24) is 14.8 Å². The van der Waals surface area contributed by atoms with Gasteiger partial charge in [-0.05, 0) is 36.6 Å². The number of anilines is 1. The fraction of sp³-hybridized carbons (Fsp3) is 0.250. The van der Waals surface area contributed by atoms with Crippen LogP contribution in [0.5, 0.6) is 5.75 Å². The predicted octanol–water partition coefficient (Wildman–Crippen LogP) is 4.75. The summed E-state index contributed by atoms with van der Waals surface area (Å²) in [4.78, 5) is 13.1. The third kappa shape index (κ3) is 4.15. The maximum absolute atomic E-state index is 13.1. The van der Waals surface area contributed by atoms with Crippen LogP contribution < -0.4 is 10.1 Å². The first-order valence-corrected chi connectivity index (χ1v) is 10.2. The number of thioether (sulfide) groups is 1. The molecule has 1 aromatic heterocycles. The highest BCUT2D eigenvalue weighted by atomic mass is 35.5. The molecule has 0 bridgehead atoms. The Morgan fingerprint density at radius 3 is 2.75 bits per heavy atom. The normalized spacial score (nSPS) is 14.5. The largest absolute Gasteiger partial charge is 0.495 e. The van der Waals surface area contributed by atoms with Crippen LogP contribution in [-0.2, 0) is 4.79 Å². The Bertz CT molecular complexity index is 975. The molecule has 1 heterocycles. The number of hydrogen-bond donors (Lipinski definition) is 1. The first-order chi connectivity index (χ1) is 13.7. The lowest BCUT2D eigenvalue weighted by Gasteiger charge is -2.17. The summed E-state index contributed by atoms with van der Waals surface area (Å²) in [5.41, 5.74) is 1.51. The minimum atomic E-state index is -0.469. The molecule has 1 N–H and O–H groups in total. The van der Waals surface area contributed by atoms with Gasteiger partial charge >= 0.3 is 0 Å². The zero-order valence-corrected chi connectivity index (χ0v) is 16.8. The van der Waals surface area contributed by atoms with E-state index in [0.717, 1.165) is 23.6 Å². The Morgan fingerprint density at radius 2 is 2.07 bits per heavy atom. The lowest BCUT2D eigenvalue weighted by Crippen LogP contribution is -2.19. The smallest absolute Gasteiger partial charge is 0.242 e. The van der Waals surface area contributed by atoms with Gasteiger partial charge in [-0.1, -0.05) is 53.7 Å². The lowest BCUT2D eigenvalue weighted by atomic mass is 10.1. The molecule has 0 radical (unpaired) electrons.